The summed E-state index contributed by atoms with van der Waals surface area (Å²) in [5.74, 6) is -1.57. The van der Waals surface area contributed by atoms with E-state index in [1.54, 1.807) is 31.6 Å². The van der Waals surface area contributed by atoms with E-state index in [0.717, 1.165) is 6.07 Å². The lowest BCUT2D eigenvalue weighted by Crippen LogP contribution is -2.46. The van der Waals surface area contributed by atoms with Gasteiger partial charge in [0.15, 0.2) is 11.6 Å². The highest BCUT2D eigenvalue weighted by molar-refractivity contribution is 5.98. The molecule has 3 aromatic rings. The molecule has 0 bridgehead atoms. The van der Waals surface area contributed by atoms with Crippen LogP contribution in [0.2, 0.25) is 0 Å². The van der Waals surface area contributed by atoms with E-state index < -0.39 is 17.8 Å². The number of carbonyl (C=O) groups excluding carboxylic acids is 1. The minimum Gasteiger partial charge on any atom is -0.393 e. The lowest BCUT2D eigenvalue weighted by atomic mass is 9.89. The molecule has 1 fully saturated rings. The van der Waals surface area contributed by atoms with Gasteiger partial charge in [-0.1, -0.05) is 0 Å². The van der Waals surface area contributed by atoms with E-state index in [1.807, 2.05) is 0 Å². The maximum absolute atomic E-state index is 14.7. The number of pyridine rings is 2. The Morgan fingerprint density at radius 1 is 1.25 bits per heavy atom. The van der Waals surface area contributed by atoms with E-state index in [-0.39, 0.29) is 29.3 Å². The Labute approximate surface area is 183 Å². The van der Waals surface area contributed by atoms with Gasteiger partial charge in [-0.15, -0.1) is 4.80 Å². The van der Waals surface area contributed by atoms with Crippen LogP contribution in [0.25, 0.3) is 5.69 Å². The first-order valence-electron chi connectivity index (χ1n) is 10.1. The molecule has 0 aromatic carbocycles. The number of carbonyl (C=O) groups is 1. The Morgan fingerprint density at radius 2 is 2.00 bits per heavy atom. The highest BCUT2D eigenvalue weighted by Gasteiger charge is 2.28. The SMILES string of the molecule is Cc1ncc(Nc2nc(N[C@@H]3CC[C@@H](O)C[C@@H]3N)c(F)cc2C(N)=O)cc1-n1nccn1. The molecule has 3 aromatic heterocycles. The molecule has 168 valence electrons. The number of aliphatic hydroxyl groups excluding tert-OH is 1. The second-order valence-electron chi connectivity index (χ2n) is 7.73. The minimum atomic E-state index is -0.836. The fraction of sp³-hybridized carbons (Fsp3) is 0.350. The van der Waals surface area contributed by atoms with Gasteiger partial charge < -0.3 is 27.2 Å². The lowest BCUT2D eigenvalue weighted by molar-refractivity contribution is 0.1000. The number of rotatable bonds is 6. The summed E-state index contributed by atoms with van der Waals surface area (Å²) >= 11 is 0. The van der Waals surface area contributed by atoms with Crippen molar-refractivity contribution >= 4 is 23.2 Å². The third-order valence-corrected chi connectivity index (χ3v) is 5.39. The van der Waals surface area contributed by atoms with Crippen LogP contribution in [0.3, 0.4) is 0 Å². The van der Waals surface area contributed by atoms with E-state index in [4.69, 9.17) is 11.5 Å². The van der Waals surface area contributed by atoms with Crippen LogP contribution in [0, 0.1) is 12.7 Å². The number of aryl methyl sites for hydroxylation is 1. The van der Waals surface area contributed by atoms with E-state index in [2.05, 4.69) is 30.8 Å². The highest BCUT2D eigenvalue weighted by atomic mass is 19.1. The predicted molar refractivity (Wildman–Crippen MR) is 115 cm³/mol. The van der Waals surface area contributed by atoms with Crippen molar-refractivity contribution in [2.45, 2.75) is 44.4 Å². The van der Waals surface area contributed by atoms with Gasteiger partial charge in [0.2, 0.25) is 0 Å². The summed E-state index contributed by atoms with van der Waals surface area (Å²) in [4.78, 5) is 21.9. The largest absolute Gasteiger partial charge is 0.393 e. The molecule has 11 nitrogen and oxygen atoms in total. The first-order valence-corrected chi connectivity index (χ1v) is 10.1. The standard InChI is InChI=1S/C20H24FN9O2/c1-10-17(30-25-4-5-26-30)6-11(9-24-10)27-19-13(18(23)32)8-14(21)20(29-19)28-16-3-2-12(31)7-15(16)22/h4-6,8-9,12,15-16,31H,2-3,7,22H2,1H3,(H2,23,32)(H2,27,28,29)/t12-,15+,16-/m1/s1. The molecule has 4 rings (SSSR count). The molecule has 1 saturated carbocycles. The van der Waals surface area contributed by atoms with Crippen LogP contribution in [0.5, 0.6) is 0 Å². The van der Waals surface area contributed by atoms with Crippen molar-refractivity contribution in [1.29, 1.82) is 0 Å². The van der Waals surface area contributed by atoms with Crippen molar-refractivity contribution < 1.29 is 14.3 Å². The first-order chi connectivity index (χ1) is 15.3. The van der Waals surface area contributed by atoms with Gasteiger partial charge in [-0.2, -0.15) is 10.2 Å². The molecule has 0 aliphatic heterocycles. The molecule has 0 spiro atoms. The number of hydrogen-bond donors (Lipinski definition) is 5. The number of primary amides is 1. The van der Waals surface area contributed by atoms with Gasteiger partial charge in [0.05, 0.1) is 41.6 Å². The fourth-order valence-corrected chi connectivity index (χ4v) is 3.68. The fourth-order valence-electron chi connectivity index (χ4n) is 3.68. The zero-order chi connectivity index (χ0) is 22.8. The monoisotopic (exact) mass is 441 g/mol. The van der Waals surface area contributed by atoms with Crippen LogP contribution in [-0.2, 0) is 0 Å². The van der Waals surface area contributed by atoms with Crippen LogP contribution in [-0.4, -0.2) is 54.2 Å². The Bertz CT molecular complexity index is 1120. The van der Waals surface area contributed by atoms with Crippen molar-refractivity contribution in [2.24, 2.45) is 11.5 Å². The molecule has 0 radical (unpaired) electrons. The average molecular weight is 441 g/mol. The van der Waals surface area contributed by atoms with Crippen LogP contribution in [0.1, 0.15) is 35.3 Å². The van der Waals surface area contributed by atoms with Crippen molar-refractivity contribution in [3.8, 4) is 5.69 Å². The minimum absolute atomic E-state index is 0.0656. The Hall–Kier alpha value is -3.64. The van der Waals surface area contributed by atoms with Gasteiger partial charge in [-0.25, -0.2) is 9.37 Å². The number of hydrogen-bond acceptors (Lipinski definition) is 9. The number of halogens is 1. The normalized spacial score (nSPS) is 20.7. The molecule has 32 heavy (non-hydrogen) atoms. The maximum Gasteiger partial charge on any atom is 0.252 e. The molecule has 12 heteroatoms. The van der Waals surface area contributed by atoms with Crippen LogP contribution in [0.15, 0.2) is 30.7 Å². The maximum atomic E-state index is 14.7. The summed E-state index contributed by atoms with van der Waals surface area (Å²) in [6.45, 7) is 1.81. The second kappa shape index (κ2) is 8.85. The van der Waals surface area contributed by atoms with E-state index >= 15 is 0 Å². The zero-order valence-corrected chi connectivity index (χ0v) is 17.4. The summed E-state index contributed by atoms with van der Waals surface area (Å²) < 4.78 is 14.7. The van der Waals surface area contributed by atoms with Crippen LogP contribution < -0.4 is 22.1 Å². The molecule has 0 saturated heterocycles. The summed E-state index contributed by atoms with van der Waals surface area (Å²) in [7, 11) is 0. The van der Waals surface area contributed by atoms with Crippen molar-refractivity contribution in [2.75, 3.05) is 10.6 Å². The zero-order valence-electron chi connectivity index (χ0n) is 17.4. The Kier molecular flexibility index (Phi) is 5.97. The van der Waals surface area contributed by atoms with Gasteiger partial charge in [0, 0.05) is 12.1 Å². The van der Waals surface area contributed by atoms with Crippen LogP contribution in [0.4, 0.5) is 21.7 Å². The third kappa shape index (κ3) is 4.50. The third-order valence-electron chi connectivity index (χ3n) is 5.39. The average Bonchev–Trinajstić information content (AvgIpc) is 3.28. The van der Waals surface area contributed by atoms with Gasteiger partial charge in [0.1, 0.15) is 11.5 Å². The number of anilines is 3. The topological polar surface area (TPSA) is 170 Å². The van der Waals surface area contributed by atoms with Crippen molar-refractivity contribution in [3.05, 3.63) is 47.8 Å². The smallest absolute Gasteiger partial charge is 0.252 e. The molecule has 1 aliphatic carbocycles. The van der Waals surface area contributed by atoms with Crippen molar-refractivity contribution in [1.82, 2.24) is 25.0 Å². The highest BCUT2D eigenvalue weighted by Crippen LogP contribution is 2.27. The van der Waals surface area contributed by atoms with E-state index in [1.165, 1.54) is 4.80 Å². The summed E-state index contributed by atoms with van der Waals surface area (Å²) in [6.07, 6.45) is 5.68. The van der Waals surface area contributed by atoms with E-state index in [9.17, 15) is 14.3 Å². The quantitative estimate of drug-likeness (QED) is 0.374. The summed E-state index contributed by atoms with van der Waals surface area (Å²) in [6, 6.07) is 2.12. The van der Waals surface area contributed by atoms with Gasteiger partial charge in [-0.3, -0.25) is 9.78 Å². The first kappa shape index (κ1) is 21.6. The molecule has 1 amide bonds. The second-order valence-corrected chi connectivity index (χ2v) is 7.73. The van der Waals surface area contributed by atoms with E-state index in [0.29, 0.717) is 36.3 Å². The lowest BCUT2D eigenvalue weighted by Gasteiger charge is -2.32. The molecular formula is C20H24FN9O2. The summed E-state index contributed by atoms with van der Waals surface area (Å²) in [5.41, 5.74) is 13.2. The number of aliphatic hydroxyl groups is 1. The van der Waals surface area contributed by atoms with Gasteiger partial charge in [0.25, 0.3) is 5.91 Å². The van der Waals surface area contributed by atoms with Crippen LogP contribution >= 0.6 is 0 Å². The van der Waals surface area contributed by atoms with Gasteiger partial charge >= 0.3 is 0 Å². The number of nitrogens with two attached hydrogens (primary N) is 2. The number of aromatic nitrogens is 5. The molecule has 3 heterocycles. The predicted octanol–water partition coefficient (Wildman–Crippen LogP) is 1.000. The number of nitrogens with one attached hydrogen (secondary N) is 2. The Morgan fingerprint density at radius 3 is 2.69 bits per heavy atom. The molecule has 1 aliphatic rings. The molecule has 3 atom stereocenters. The van der Waals surface area contributed by atoms with Gasteiger partial charge in [-0.05, 0) is 38.3 Å². The Balaban J connectivity index is 1.65. The molecule has 7 N–H and O–H groups in total. The number of nitrogens with zero attached hydrogens (tertiary/aromatic N) is 5. The molecular weight excluding hydrogens is 417 g/mol. The molecule has 0 unspecified atom stereocenters. The number of amides is 1. The van der Waals surface area contributed by atoms with Crippen molar-refractivity contribution in [3.63, 3.8) is 0 Å². The summed E-state index contributed by atoms with van der Waals surface area (Å²) in [5, 5.41) is 24.0.